The monoisotopic (exact) mass is 328 g/mol. The number of hydrogen-bond donors (Lipinski definition) is 1. The molecule has 118 valence electrons. The number of hydrogen-bond acceptors (Lipinski definition) is 8. The largest absolute Gasteiger partial charge is 0.468 e. The fraction of sp³-hybridized carbons (Fsp3) is 0.250. The number of carbonyl (C=O) groups is 2. The van der Waals surface area contributed by atoms with Gasteiger partial charge in [0.1, 0.15) is 11.4 Å². The smallest absolute Gasteiger partial charge is 0.339 e. The Balaban J connectivity index is 3.31. The molecule has 22 heavy (non-hydrogen) atoms. The zero-order valence-corrected chi connectivity index (χ0v) is 12.5. The van der Waals surface area contributed by atoms with E-state index in [1.54, 1.807) is 0 Å². The molecular weight excluding hydrogens is 316 g/mol. The van der Waals surface area contributed by atoms with Gasteiger partial charge < -0.3 is 14.8 Å². The van der Waals surface area contributed by atoms with E-state index >= 15 is 0 Å². The molecule has 0 spiro atoms. The molecule has 1 aromatic carbocycles. The summed E-state index contributed by atoms with van der Waals surface area (Å²) in [6.45, 7) is -0.218. The third-order valence-electron chi connectivity index (χ3n) is 2.49. The van der Waals surface area contributed by atoms with Crippen LogP contribution in [0, 0.1) is 0 Å². The predicted octanol–water partition coefficient (Wildman–Crippen LogP) is 0.0826. The minimum absolute atomic E-state index is 0.206. The summed E-state index contributed by atoms with van der Waals surface area (Å²) in [5.74, 6) is -1.49. The predicted molar refractivity (Wildman–Crippen MR) is 73.6 cm³/mol. The van der Waals surface area contributed by atoms with Crippen molar-refractivity contribution >= 4 is 33.7 Å². The van der Waals surface area contributed by atoms with Gasteiger partial charge in [-0.1, -0.05) is 4.40 Å². The summed E-state index contributed by atoms with van der Waals surface area (Å²) in [5, 5.41) is 2.60. The molecule has 0 bridgehead atoms. The maximum atomic E-state index is 11.9. The molecule has 0 unspecified atom stereocenters. The molecule has 0 heterocycles. The number of benzene rings is 1. The highest BCUT2D eigenvalue weighted by molar-refractivity contribution is 7.90. The van der Waals surface area contributed by atoms with Gasteiger partial charge in [-0.2, -0.15) is 8.42 Å². The number of isocyanates is 1. The molecule has 0 saturated heterocycles. The standard InChI is InChI=1S/C12H12N2O7S/c1-20-11(16)6-13-8-3-4-9(12(17)21-2)10(5-8)22(18,19)14-7-15/h3-5,13H,6H2,1-2H3. The lowest BCUT2D eigenvalue weighted by atomic mass is 10.2. The van der Waals surface area contributed by atoms with Crippen molar-refractivity contribution in [2.45, 2.75) is 4.90 Å². The molecular formula is C12H12N2O7S. The fourth-order valence-electron chi connectivity index (χ4n) is 1.47. The quantitative estimate of drug-likeness (QED) is 0.442. The van der Waals surface area contributed by atoms with Gasteiger partial charge in [-0.3, -0.25) is 4.79 Å². The Morgan fingerprint density at radius 1 is 1.27 bits per heavy atom. The molecule has 0 amide bonds. The maximum Gasteiger partial charge on any atom is 0.339 e. The van der Waals surface area contributed by atoms with Gasteiger partial charge in [0, 0.05) is 5.69 Å². The Kier molecular flexibility index (Phi) is 5.79. The third kappa shape index (κ3) is 4.14. The highest BCUT2D eigenvalue weighted by atomic mass is 32.2. The second-order valence-corrected chi connectivity index (χ2v) is 5.36. The van der Waals surface area contributed by atoms with Crippen molar-refractivity contribution in [2.75, 3.05) is 26.1 Å². The number of methoxy groups -OCH3 is 2. The van der Waals surface area contributed by atoms with Crippen LogP contribution >= 0.6 is 0 Å². The molecule has 0 aromatic heterocycles. The SMILES string of the molecule is COC(=O)CNc1ccc(C(=O)OC)c(S(=O)(=O)N=C=O)c1. The minimum atomic E-state index is -4.42. The topological polar surface area (TPSA) is 128 Å². The van der Waals surface area contributed by atoms with E-state index in [1.165, 1.54) is 19.2 Å². The zero-order chi connectivity index (χ0) is 16.8. The van der Waals surface area contributed by atoms with Crippen LogP contribution in [0.2, 0.25) is 0 Å². The summed E-state index contributed by atoms with van der Waals surface area (Å²) in [7, 11) is -2.15. The van der Waals surface area contributed by atoms with Crippen LogP contribution in [0.4, 0.5) is 5.69 Å². The van der Waals surface area contributed by atoms with Crippen LogP contribution in [0.25, 0.3) is 0 Å². The molecule has 0 fully saturated rings. The van der Waals surface area contributed by atoms with E-state index in [1.807, 2.05) is 0 Å². The lowest BCUT2D eigenvalue weighted by molar-refractivity contribution is -0.138. The minimum Gasteiger partial charge on any atom is -0.468 e. The molecule has 0 aliphatic rings. The average Bonchev–Trinajstić information content (AvgIpc) is 2.51. The summed E-state index contributed by atoms with van der Waals surface area (Å²) in [5.41, 5.74) is -0.0946. The number of nitrogens with zero attached hydrogens (tertiary/aromatic N) is 1. The Labute approximate surface area is 126 Å². The van der Waals surface area contributed by atoms with Crippen molar-refractivity contribution < 1.29 is 32.3 Å². The van der Waals surface area contributed by atoms with Crippen LogP contribution in [0.3, 0.4) is 0 Å². The van der Waals surface area contributed by atoms with Gasteiger partial charge in [-0.15, -0.1) is 0 Å². The lowest BCUT2D eigenvalue weighted by Crippen LogP contribution is -2.16. The van der Waals surface area contributed by atoms with E-state index in [2.05, 4.69) is 19.2 Å². The summed E-state index contributed by atoms with van der Waals surface area (Å²) >= 11 is 0. The van der Waals surface area contributed by atoms with Crippen LogP contribution in [-0.4, -0.2) is 47.2 Å². The fourth-order valence-corrected chi connectivity index (χ4v) is 2.37. The van der Waals surface area contributed by atoms with Crippen molar-refractivity contribution in [2.24, 2.45) is 4.40 Å². The first-order chi connectivity index (χ1) is 10.4. The van der Waals surface area contributed by atoms with E-state index in [0.29, 0.717) is 0 Å². The molecule has 9 nitrogen and oxygen atoms in total. The van der Waals surface area contributed by atoms with Crippen molar-refractivity contribution in [1.82, 2.24) is 0 Å². The molecule has 0 radical (unpaired) electrons. The van der Waals surface area contributed by atoms with E-state index < -0.39 is 26.9 Å². The number of rotatable bonds is 6. The Morgan fingerprint density at radius 2 is 1.95 bits per heavy atom. The van der Waals surface area contributed by atoms with E-state index in [4.69, 9.17) is 0 Å². The van der Waals surface area contributed by atoms with Gasteiger partial charge in [0.05, 0.1) is 19.8 Å². The maximum absolute atomic E-state index is 11.9. The highest BCUT2D eigenvalue weighted by Crippen LogP contribution is 2.23. The van der Waals surface area contributed by atoms with Crippen molar-refractivity contribution in [3.63, 3.8) is 0 Å². The summed E-state index contributed by atoms with van der Waals surface area (Å²) in [6, 6.07) is 3.57. The Hall–Kier alpha value is -2.71. The Bertz CT molecular complexity index is 736. The van der Waals surface area contributed by atoms with Crippen LogP contribution in [0.1, 0.15) is 10.4 Å². The number of carbonyl (C=O) groups excluding carboxylic acids is 3. The lowest BCUT2D eigenvalue weighted by Gasteiger charge is -2.09. The van der Waals surface area contributed by atoms with Crippen LogP contribution in [-0.2, 0) is 29.1 Å². The first-order valence-electron chi connectivity index (χ1n) is 5.73. The summed E-state index contributed by atoms with van der Waals surface area (Å²) < 4.78 is 35.3. The van der Waals surface area contributed by atoms with Crippen LogP contribution in [0.15, 0.2) is 27.5 Å². The van der Waals surface area contributed by atoms with E-state index in [-0.39, 0.29) is 17.8 Å². The number of sulfonamides is 1. The molecule has 1 N–H and O–H groups in total. The first kappa shape index (κ1) is 17.3. The van der Waals surface area contributed by atoms with Crippen molar-refractivity contribution in [3.05, 3.63) is 23.8 Å². The second-order valence-electron chi connectivity index (χ2n) is 3.79. The third-order valence-corrected chi connectivity index (χ3v) is 3.70. The number of anilines is 1. The van der Waals surface area contributed by atoms with Gasteiger partial charge in [-0.25, -0.2) is 9.59 Å². The normalized spacial score (nSPS) is 10.3. The zero-order valence-electron chi connectivity index (χ0n) is 11.7. The molecule has 1 aromatic rings. The average molecular weight is 328 g/mol. The number of nitrogens with one attached hydrogen (secondary N) is 1. The van der Waals surface area contributed by atoms with Crippen molar-refractivity contribution in [3.8, 4) is 0 Å². The molecule has 10 heteroatoms. The van der Waals surface area contributed by atoms with Gasteiger partial charge in [0.2, 0.25) is 0 Å². The molecule has 0 atom stereocenters. The van der Waals surface area contributed by atoms with Crippen molar-refractivity contribution in [1.29, 1.82) is 0 Å². The second kappa shape index (κ2) is 7.34. The summed E-state index contributed by atoms with van der Waals surface area (Å²) in [4.78, 5) is 32.3. The van der Waals surface area contributed by atoms with Gasteiger partial charge >= 0.3 is 11.9 Å². The van der Waals surface area contributed by atoms with E-state index in [0.717, 1.165) is 19.3 Å². The molecule has 0 saturated carbocycles. The van der Waals surface area contributed by atoms with Gasteiger partial charge in [0.25, 0.3) is 16.1 Å². The molecule has 1 rings (SSSR count). The molecule has 0 aliphatic carbocycles. The van der Waals surface area contributed by atoms with Crippen LogP contribution < -0.4 is 5.32 Å². The van der Waals surface area contributed by atoms with E-state index in [9.17, 15) is 22.8 Å². The Morgan fingerprint density at radius 3 is 2.50 bits per heavy atom. The molecule has 0 aliphatic heterocycles. The van der Waals surface area contributed by atoms with Gasteiger partial charge in [-0.05, 0) is 18.2 Å². The summed E-state index contributed by atoms with van der Waals surface area (Å²) in [6.07, 6.45) is 0.910. The highest BCUT2D eigenvalue weighted by Gasteiger charge is 2.23. The number of esters is 2. The first-order valence-corrected chi connectivity index (χ1v) is 7.17. The van der Waals surface area contributed by atoms with Gasteiger partial charge in [0.15, 0.2) is 0 Å². The number of ether oxygens (including phenoxy) is 2. The van der Waals surface area contributed by atoms with Crippen LogP contribution in [0.5, 0.6) is 0 Å².